The summed E-state index contributed by atoms with van der Waals surface area (Å²) in [6.07, 6.45) is 2.28. The number of amides is 2. The van der Waals surface area contributed by atoms with Crippen LogP contribution in [0.2, 0.25) is 5.02 Å². The van der Waals surface area contributed by atoms with E-state index in [4.69, 9.17) is 11.6 Å². The number of halogens is 1. The average Bonchev–Trinajstić information content (AvgIpc) is 2.69. The Labute approximate surface area is 172 Å². The predicted octanol–water partition coefficient (Wildman–Crippen LogP) is 4.64. The number of benzene rings is 2. The molecule has 6 heteroatoms. The highest BCUT2D eigenvalue weighted by molar-refractivity contribution is 6.33. The molecule has 0 radical (unpaired) electrons. The molecule has 28 heavy (non-hydrogen) atoms. The van der Waals surface area contributed by atoms with Gasteiger partial charge in [0.1, 0.15) is 0 Å². The highest BCUT2D eigenvalue weighted by Crippen LogP contribution is 2.22. The number of nitrogens with zero attached hydrogens (tertiary/aromatic N) is 1. The lowest BCUT2D eigenvalue weighted by atomic mass is 10.1. The predicted molar refractivity (Wildman–Crippen MR) is 116 cm³/mol. The summed E-state index contributed by atoms with van der Waals surface area (Å²) in [5.74, 6) is -0.610. The van der Waals surface area contributed by atoms with Crippen molar-refractivity contribution in [1.82, 2.24) is 5.32 Å². The van der Waals surface area contributed by atoms with Crippen molar-refractivity contribution in [2.75, 3.05) is 29.9 Å². The summed E-state index contributed by atoms with van der Waals surface area (Å²) in [5, 5.41) is 5.81. The molecular weight excluding hydrogens is 374 g/mol. The number of unbranched alkanes of at least 4 members (excludes halogenated alkanes) is 1. The lowest BCUT2D eigenvalue weighted by molar-refractivity contribution is -0.115. The Bertz CT molecular complexity index is 806. The molecule has 2 rings (SSSR count). The van der Waals surface area contributed by atoms with Crippen LogP contribution in [0.3, 0.4) is 0 Å². The molecular formula is C22H28ClN3O2. The Balaban J connectivity index is 1.89. The van der Waals surface area contributed by atoms with Crippen LogP contribution in [-0.2, 0) is 4.79 Å². The van der Waals surface area contributed by atoms with Crippen molar-refractivity contribution >= 4 is 34.8 Å². The van der Waals surface area contributed by atoms with E-state index in [0.29, 0.717) is 16.3 Å². The van der Waals surface area contributed by atoms with E-state index in [2.05, 4.69) is 29.4 Å². The molecule has 0 aliphatic rings. The van der Waals surface area contributed by atoms with Crippen molar-refractivity contribution in [3.63, 3.8) is 0 Å². The second-order valence-corrected chi connectivity index (χ2v) is 7.10. The van der Waals surface area contributed by atoms with Gasteiger partial charge in [0.2, 0.25) is 5.91 Å². The number of carbonyl (C=O) groups is 2. The van der Waals surface area contributed by atoms with Gasteiger partial charge in [0.25, 0.3) is 5.91 Å². The number of anilines is 2. The zero-order valence-electron chi connectivity index (χ0n) is 16.7. The standard InChI is InChI=1S/C22H28ClN3O2/c1-4-6-13-26(5-2)18-10-8-17(9-11-18)22(28)24-15-21(27)25-20-12-7-16(3)14-19(20)23/h7-12,14H,4-6,13,15H2,1-3H3,(H,24,28)(H,25,27). The average molecular weight is 402 g/mol. The molecule has 0 heterocycles. The minimum Gasteiger partial charge on any atom is -0.372 e. The first kappa shape index (κ1) is 21.8. The SMILES string of the molecule is CCCCN(CC)c1ccc(C(=O)NCC(=O)Nc2ccc(C)cc2Cl)cc1. The molecule has 0 fully saturated rings. The van der Waals surface area contributed by atoms with Crippen LogP contribution >= 0.6 is 11.6 Å². The summed E-state index contributed by atoms with van der Waals surface area (Å²) in [7, 11) is 0. The number of nitrogens with one attached hydrogen (secondary N) is 2. The summed E-state index contributed by atoms with van der Waals surface area (Å²) in [6, 6.07) is 12.8. The van der Waals surface area contributed by atoms with Gasteiger partial charge in [-0.3, -0.25) is 9.59 Å². The van der Waals surface area contributed by atoms with Gasteiger partial charge in [-0.15, -0.1) is 0 Å². The van der Waals surface area contributed by atoms with E-state index < -0.39 is 0 Å². The molecule has 2 aromatic rings. The quantitative estimate of drug-likeness (QED) is 0.643. The summed E-state index contributed by atoms with van der Waals surface area (Å²) >= 11 is 6.11. The number of hydrogen-bond acceptors (Lipinski definition) is 3. The van der Waals surface area contributed by atoms with Gasteiger partial charge in [-0.2, -0.15) is 0 Å². The van der Waals surface area contributed by atoms with Crippen LogP contribution in [0.15, 0.2) is 42.5 Å². The Morgan fingerprint density at radius 1 is 1.07 bits per heavy atom. The third kappa shape index (κ3) is 6.27. The van der Waals surface area contributed by atoms with E-state index in [1.54, 1.807) is 24.3 Å². The van der Waals surface area contributed by atoms with Crippen molar-refractivity contribution in [2.45, 2.75) is 33.6 Å². The monoisotopic (exact) mass is 401 g/mol. The molecule has 0 aliphatic heterocycles. The third-order valence-electron chi connectivity index (χ3n) is 4.47. The van der Waals surface area contributed by atoms with Crippen LogP contribution in [-0.4, -0.2) is 31.4 Å². The first-order valence-corrected chi connectivity index (χ1v) is 10.0. The van der Waals surface area contributed by atoms with E-state index in [1.807, 2.05) is 25.1 Å². The van der Waals surface area contributed by atoms with Crippen LogP contribution in [0.1, 0.15) is 42.6 Å². The van der Waals surface area contributed by atoms with Gasteiger partial charge in [0.15, 0.2) is 0 Å². The highest BCUT2D eigenvalue weighted by atomic mass is 35.5. The Morgan fingerprint density at radius 3 is 2.39 bits per heavy atom. The van der Waals surface area contributed by atoms with Crippen molar-refractivity contribution in [2.24, 2.45) is 0 Å². The van der Waals surface area contributed by atoms with Crippen LogP contribution in [0, 0.1) is 6.92 Å². The van der Waals surface area contributed by atoms with E-state index in [1.165, 1.54) is 0 Å². The maximum atomic E-state index is 12.3. The number of hydrogen-bond donors (Lipinski definition) is 2. The molecule has 5 nitrogen and oxygen atoms in total. The molecule has 0 atom stereocenters. The lowest BCUT2D eigenvalue weighted by Crippen LogP contribution is -2.33. The second-order valence-electron chi connectivity index (χ2n) is 6.69. The van der Waals surface area contributed by atoms with E-state index in [9.17, 15) is 9.59 Å². The molecule has 2 aromatic carbocycles. The van der Waals surface area contributed by atoms with Crippen LogP contribution in [0.4, 0.5) is 11.4 Å². The molecule has 2 amide bonds. The van der Waals surface area contributed by atoms with Gasteiger partial charge < -0.3 is 15.5 Å². The normalized spacial score (nSPS) is 10.4. The molecule has 2 N–H and O–H groups in total. The lowest BCUT2D eigenvalue weighted by Gasteiger charge is -2.23. The van der Waals surface area contributed by atoms with Gasteiger partial charge in [0, 0.05) is 24.3 Å². The molecule has 0 unspecified atom stereocenters. The minimum atomic E-state index is -0.326. The summed E-state index contributed by atoms with van der Waals surface area (Å²) in [6.45, 7) is 8.02. The zero-order valence-corrected chi connectivity index (χ0v) is 17.5. The molecule has 150 valence electrons. The number of carbonyl (C=O) groups excluding carboxylic acids is 2. The fourth-order valence-electron chi connectivity index (χ4n) is 2.82. The molecule has 0 aromatic heterocycles. The topological polar surface area (TPSA) is 61.4 Å². The number of aryl methyl sites for hydroxylation is 1. The van der Waals surface area contributed by atoms with E-state index in [0.717, 1.165) is 37.2 Å². The van der Waals surface area contributed by atoms with Crippen LogP contribution in [0.25, 0.3) is 0 Å². The Morgan fingerprint density at radius 2 is 1.79 bits per heavy atom. The molecule has 0 saturated carbocycles. The first-order valence-electron chi connectivity index (χ1n) is 9.63. The van der Waals surface area contributed by atoms with E-state index in [-0.39, 0.29) is 18.4 Å². The highest BCUT2D eigenvalue weighted by Gasteiger charge is 2.11. The largest absolute Gasteiger partial charge is 0.372 e. The summed E-state index contributed by atoms with van der Waals surface area (Å²) < 4.78 is 0. The van der Waals surface area contributed by atoms with Gasteiger partial charge in [0.05, 0.1) is 17.3 Å². The van der Waals surface area contributed by atoms with Gasteiger partial charge in [-0.05, 0) is 62.2 Å². The van der Waals surface area contributed by atoms with Gasteiger partial charge >= 0.3 is 0 Å². The third-order valence-corrected chi connectivity index (χ3v) is 4.78. The van der Waals surface area contributed by atoms with Crippen molar-refractivity contribution in [3.8, 4) is 0 Å². The maximum Gasteiger partial charge on any atom is 0.251 e. The van der Waals surface area contributed by atoms with Crippen molar-refractivity contribution in [1.29, 1.82) is 0 Å². The fraction of sp³-hybridized carbons (Fsp3) is 0.364. The summed E-state index contributed by atoms with van der Waals surface area (Å²) in [5.41, 5.74) is 3.16. The van der Waals surface area contributed by atoms with E-state index >= 15 is 0 Å². The Hall–Kier alpha value is -2.53. The maximum absolute atomic E-state index is 12.3. The summed E-state index contributed by atoms with van der Waals surface area (Å²) in [4.78, 5) is 26.7. The van der Waals surface area contributed by atoms with Gasteiger partial charge in [-0.1, -0.05) is 31.0 Å². The smallest absolute Gasteiger partial charge is 0.251 e. The molecule has 0 saturated heterocycles. The first-order chi connectivity index (χ1) is 13.4. The molecule has 0 bridgehead atoms. The van der Waals surface area contributed by atoms with Crippen LogP contribution in [0.5, 0.6) is 0 Å². The molecule has 0 spiro atoms. The van der Waals surface area contributed by atoms with Gasteiger partial charge in [-0.25, -0.2) is 0 Å². The Kier molecular flexibility index (Phi) is 8.33. The zero-order chi connectivity index (χ0) is 20.5. The van der Waals surface area contributed by atoms with Crippen molar-refractivity contribution < 1.29 is 9.59 Å². The minimum absolute atomic E-state index is 0.123. The number of rotatable bonds is 9. The van der Waals surface area contributed by atoms with Crippen LogP contribution < -0.4 is 15.5 Å². The molecule has 0 aliphatic carbocycles. The fourth-order valence-corrected chi connectivity index (χ4v) is 3.10. The second kappa shape index (κ2) is 10.7. The van der Waals surface area contributed by atoms with Crippen molar-refractivity contribution in [3.05, 3.63) is 58.6 Å².